The Balaban J connectivity index is 1.78. The fourth-order valence-electron chi connectivity index (χ4n) is 6.67. The first kappa shape index (κ1) is 40.0. The predicted molar refractivity (Wildman–Crippen MR) is 186 cm³/mol. The maximum absolute atomic E-state index is 14.3. The lowest BCUT2D eigenvalue weighted by molar-refractivity contribution is -0.143. The van der Waals surface area contributed by atoms with E-state index in [2.05, 4.69) is 33.8 Å². The maximum atomic E-state index is 14.3. The second-order valence-corrected chi connectivity index (χ2v) is 16.3. The highest BCUT2D eigenvalue weighted by atomic mass is 32.2. The van der Waals surface area contributed by atoms with Gasteiger partial charge in [-0.25, -0.2) is 4.79 Å². The highest BCUT2D eigenvalue weighted by molar-refractivity contribution is 7.86. The summed E-state index contributed by atoms with van der Waals surface area (Å²) in [6.45, 7) is 10.5. The van der Waals surface area contributed by atoms with Gasteiger partial charge in [0.2, 0.25) is 17.6 Å². The number of nitrogens with one attached hydrogen (secondary N) is 4. The van der Waals surface area contributed by atoms with Gasteiger partial charge in [0, 0.05) is 52.2 Å². The Morgan fingerprint density at radius 1 is 0.959 bits per heavy atom. The normalized spacial score (nSPS) is 22.2. The molecule has 4 N–H and O–H groups in total. The molecule has 3 aliphatic rings. The molecule has 0 bridgehead atoms. The summed E-state index contributed by atoms with van der Waals surface area (Å²) in [6.07, 6.45) is 12.9. The molecule has 15 heteroatoms. The van der Waals surface area contributed by atoms with Gasteiger partial charge < -0.3 is 26.2 Å². The fraction of sp³-hybridized carbons (Fsp3) is 0.735. The van der Waals surface area contributed by atoms with E-state index in [1.54, 1.807) is 0 Å². The number of nitrogens with zero attached hydrogens (tertiary/aromatic N) is 3. The van der Waals surface area contributed by atoms with Crippen LogP contribution in [0.3, 0.4) is 0 Å². The van der Waals surface area contributed by atoms with Crippen LogP contribution >= 0.6 is 0 Å². The standard InChI is InChI=1S/C34H55N7O7S/c1-7-9-17-25(29(42)31(44)35-19-8-2)36-30(43)26-18-13-22-41(26)32(45)28(24-15-11-10-12-16-24)38-33(46)37-27(34(3,4)5)23-40-21-14-20-39(6)49(40,47)48/h1,8,24-28H,2,9-23H2,3-6H3,(H,35,44)(H,36,43)(H2,37,38,46)/t25?,26-,27+,28-/m0/s1. The Kier molecular flexibility index (Phi) is 14.6. The van der Waals surface area contributed by atoms with E-state index >= 15 is 0 Å². The van der Waals surface area contributed by atoms with Crippen molar-refractivity contribution in [3.63, 3.8) is 0 Å². The quantitative estimate of drug-likeness (QED) is 0.120. The SMILES string of the molecule is C#CCCC(NC(=O)[C@@H]1CCCN1C(=O)[C@@H](NC(=O)N[C@H](CN1CCCN(C)S1(=O)=O)C(C)(C)C)C1CCCCC1)C(=O)C(=O)NCC=C. The third kappa shape index (κ3) is 10.8. The molecule has 1 aliphatic carbocycles. The van der Waals surface area contributed by atoms with Crippen LogP contribution in [0.15, 0.2) is 12.7 Å². The second-order valence-electron chi connectivity index (χ2n) is 14.3. The zero-order chi connectivity index (χ0) is 36.4. The largest absolute Gasteiger partial charge is 0.346 e. The average Bonchev–Trinajstić information content (AvgIpc) is 3.56. The molecule has 1 saturated carbocycles. The summed E-state index contributed by atoms with van der Waals surface area (Å²) < 4.78 is 28.7. The Labute approximate surface area is 291 Å². The van der Waals surface area contributed by atoms with Crippen LogP contribution in [0.2, 0.25) is 0 Å². The first-order valence-corrected chi connectivity index (χ1v) is 18.8. The van der Waals surface area contributed by atoms with Gasteiger partial charge in [0.25, 0.3) is 16.1 Å². The van der Waals surface area contributed by atoms with E-state index in [4.69, 9.17) is 6.42 Å². The minimum Gasteiger partial charge on any atom is -0.346 e. The predicted octanol–water partition coefficient (Wildman–Crippen LogP) is 1.29. The number of ketones is 1. The van der Waals surface area contributed by atoms with Crippen LogP contribution < -0.4 is 21.3 Å². The second kappa shape index (κ2) is 18.0. The van der Waals surface area contributed by atoms with Gasteiger partial charge in [-0.3, -0.25) is 19.2 Å². The molecule has 0 aromatic carbocycles. The molecule has 2 heterocycles. The minimum atomic E-state index is -3.66. The van der Waals surface area contributed by atoms with Crippen LogP contribution in [0.5, 0.6) is 0 Å². The highest BCUT2D eigenvalue weighted by Crippen LogP contribution is 2.30. The molecular formula is C34H55N7O7S. The van der Waals surface area contributed by atoms with Gasteiger partial charge in [-0.2, -0.15) is 17.0 Å². The molecule has 4 atom stereocenters. The molecule has 0 radical (unpaired) electrons. The van der Waals surface area contributed by atoms with Crippen molar-refractivity contribution in [2.24, 2.45) is 11.3 Å². The summed E-state index contributed by atoms with van der Waals surface area (Å²) in [5.74, 6) is -0.380. The summed E-state index contributed by atoms with van der Waals surface area (Å²) in [5, 5.41) is 11.0. The number of Topliss-reactive ketones (excluding diaryl/α,β-unsaturated/α-hetero) is 1. The Bertz CT molecular complexity index is 1370. The molecule has 0 aromatic heterocycles. The highest BCUT2D eigenvalue weighted by Gasteiger charge is 2.43. The minimum absolute atomic E-state index is 0.0552. The molecule has 0 spiro atoms. The molecule has 2 aliphatic heterocycles. The third-order valence-corrected chi connectivity index (χ3v) is 11.6. The van der Waals surface area contributed by atoms with Crippen LogP contribution in [0.25, 0.3) is 0 Å². The van der Waals surface area contributed by atoms with Gasteiger partial charge in [-0.05, 0) is 49.9 Å². The smallest absolute Gasteiger partial charge is 0.315 e. The molecule has 49 heavy (non-hydrogen) atoms. The van der Waals surface area contributed by atoms with E-state index in [0.717, 1.165) is 32.1 Å². The number of rotatable bonds is 14. The Morgan fingerprint density at radius 3 is 2.29 bits per heavy atom. The summed E-state index contributed by atoms with van der Waals surface area (Å²) in [4.78, 5) is 68.3. The zero-order valence-electron chi connectivity index (χ0n) is 29.5. The molecule has 3 fully saturated rings. The van der Waals surface area contributed by atoms with Crippen LogP contribution in [-0.4, -0.2) is 115 Å². The van der Waals surface area contributed by atoms with E-state index < -0.39 is 63.4 Å². The summed E-state index contributed by atoms with van der Waals surface area (Å²) in [5.41, 5.74) is -0.513. The lowest BCUT2D eigenvalue weighted by Gasteiger charge is -2.39. The third-order valence-electron chi connectivity index (χ3n) is 9.69. The number of hydrogen-bond acceptors (Lipinski definition) is 7. The maximum Gasteiger partial charge on any atom is 0.315 e. The van der Waals surface area contributed by atoms with Crippen LogP contribution in [-0.2, 0) is 29.4 Å². The van der Waals surface area contributed by atoms with Gasteiger partial charge >= 0.3 is 6.03 Å². The van der Waals surface area contributed by atoms with Crippen molar-refractivity contribution in [2.45, 2.75) is 109 Å². The van der Waals surface area contributed by atoms with E-state index in [1.165, 1.54) is 26.6 Å². The Hall–Kier alpha value is -3.48. The van der Waals surface area contributed by atoms with Gasteiger partial charge in [0.1, 0.15) is 12.1 Å². The fourth-order valence-corrected chi connectivity index (χ4v) is 8.12. The van der Waals surface area contributed by atoms with Crippen molar-refractivity contribution < 1.29 is 32.4 Å². The van der Waals surface area contributed by atoms with Crippen LogP contribution in [0, 0.1) is 23.7 Å². The molecule has 2 saturated heterocycles. The van der Waals surface area contributed by atoms with Crippen molar-refractivity contribution >= 4 is 39.7 Å². The van der Waals surface area contributed by atoms with Crippen molar-refractivity contribution in [2.75, 3.05) is 39.8 Å². The molecule has 1 unspecified atom stereocenters. The van der Waals surface area contributed by atoms with E-state index in [-0.39, 0.29) is 44.3 Å². The van der Waals surface area contributed by atoms with Crippen molar-refractivity contribution in [1.82, 2.24) is 34.8 Å². The number of urea groups is 1. The number of terminal acetylenes is 1. The van der Waals surface area contributed by atoms with Crippen molar-refractivity contribution in [3.05, 3.63) is 12.7 Å². The lowest BCUT2D eigenvalue weighted by atomic mass is 9.83. The van der Waals surface area contributed by atoms with Crippen molar-refractivity contribution in [3.8, 4) is 12.3 Å². The molecule has 14 nitrogen and oxygen atoms in total. The van der Waals surface area contributed by atoms with Gasteiger partial charge in [-0.1, -0.05) is 46.1 Å². The molecule has 3 rings (SSSR count). The average molecular weight is 706 g/mol. The topological polar surface area (TPSA) is 177 Å². The first-order valence-electron chi connectivity index (χ1n) is 17.4. The number of likely N-dealkylation sites (tertiary alicyclic amines) is 1. The van der Waals surface area contributed by atoms with Crippen LogP contribution in [0.4, 0.5) is 4.79 Å². The summed E-state index contributed by atoms with van der Waals surface area (Å²) in [6, 6.07) is -4.13. The van der Waals surface area contributed by atoms with Gasteiger partial charge in [-0.15, -0.1) is 18.9 Å². The first-order chi connectivity index (χ1) is 23.1. The van der Waals surface area contributed by atoms with Crippen molar-refractivity contribution in [1.29, 1.82) is 0 Å². The molecular weight excluding hydrogens is 650 g/mol. The monoisotopic (exact) mass is 705 g/mol. The summed E-state index contributed by atoms with van der Waals surface area (Å²) in [7, 11) is -2.12. The Morgan fingerprint density at radius 2 is 1.65 bits per heavy atom. The molecule has 0 aromatic rings. The van der Waals surface area contributed by atoms with E-state index in [9.17, 15) is 32.4 Å². The van der Waals surface area contributed by atoms with Crippen LogP contribution in [0.1, 0.15) is 85.0 Å². The number of amides is 5. The number of carbonyl (C=O) groups is 5. The number of hydrogen-bond donors (Lipinski definition) is 4. The number of carbonyl (C=O) groups excluding carboxylic acids is 5. The van der Waals surface area contributed by atoms with Gasteiger partial charge in [0.05, 0.1) is 6.04 Å². The van der Waals surface area contributed by atoms with E-state index in [1.807, 2.05) is 20.8 Å². The summed E-state index contributed by atoms with van der Waals surface area (Å²) >= 11 is 0. The lowest BCUT2D eigenvalue weighted by Crippen LogP contribution is -2.61. The zero-order valence-corrected chi connectivity index (χ0v) is 30.3. The van der Waals surface area contributed by atoms with Gasteiger partial charge in [0.15, 0.2) is 0 Å². The van der Waals surface area contributed by atoms with E-state index in [0.29, 0.717) is 32.4 Å². The molecule has 274 valence electrons. The molecule has 5 amide bonds.